The molecule has 1 fully saturated rings. The van der Waals surface area contributed by atoms with Gasteiger partial charge in [0.1, 0.15) is 0 Å². The summed E-state index contributed by atoms with van der Waals surface area (Å²) in [7, 11) is 0. The summed E-state index contributed by atoms with van der Waals surface area (Å²) in [5.41, 5.74) is 3.45. The minimum atomic E-state index is 0.419. The number of nitrogens with one attached hydrogen (secondary N) is 1. The smallest absolute Gasteiger partial charge is 0.0207 e. The van der Waals surface area contributed by atoms with Crippen LogP contribution >= 0.6 is 0 Å². The Balaban J connectivity index is 2.23. The highest BCUT2D eigenvalue weighted by atomic mass is 15.0. The molecule has 2 rings (SSSR count). The molecular weight excluding hydrogens is 206 g/mol. The highest BCUT2D eigenvalue weighted by molar-refractivity contribution is 5.36. The van der Waals surface area contributed by atoms with Crippen molar-refractivity contribution in [1.82, 2.24) is 5.32 Å². The molecular formula is C16H25N. The minimum absolute atomic E-state index is 0.419. The van der Waals surface area contributed by atoms with E-state index in [-0.39, 0.29) is 0 Å². The average Bonchev–Trinajstić information content (AvgIpc) is 2.30. The molecule has 0 spiro atoms. The number of aryl methyl sites for hydroxylation is 1. The van der Waals surface area contributed by atoms with Crippen molar-refractivity contribution >= 4 is 0 Å². The van der Waals surface area contributed by atoms with Gasteiger partial charge in [0.05, 0.1) is 0 Å². The first-order chi connectivity index (χ1) is 8.22. The van der Waals surface area contributed by atoms with Gasteiger partial charge < -0.3 is 5.32 Å². The van der Waals surface area contributed by atoms with Crippen LogP contribution in [-0.2, 0) is 5.41 Å². The van der Waals surface area contributed by atoms with Gasteiger partial charge in [-0.15, -0.1) is 0 Å². The summed E-state index contributed by atoms with van der Waals surface area (Å²) >= 11 is 0. The average molecular weight is 231 g/mol. The Morgan fingerprint density at radius 3 is 2.29 bits per heavy atom. The van der Waals surface area contributed by atoms with Crippen molar-refractivity contribution in [3.63, 3.8) is 0 Å². The maximum absolute atomic E-state index is 3.48. The zero-order chi connectivity index (χ0) is 12.3. The van der Waals surface area contributed by atoms with E-state index in [1.54, 1.807) is 5.56 Å². The molecule has 1 aliphatic rings. The van der Waals surface area contributed by atoms with Crippen molar-refractivity contribution in [2.75, 3.05) is 13.1 Å². The van der Waals surface area contributed by atoms with Crippen molar-refractivity contribution in [2.24, 2.45) is 5.92 Å². The zero-order valence-corrected chi connectivity index (χ0v) is 11.4. The van der Waals surface area contributed by atoms with Crippen molar-refractivity contribution < 1.29 is 0 Å². The lowest BCUT2D eigenvalue weighted by atomic mass is 9.67. The quantitative estimate of drug-likeness (QED) is 0.815. The van der Waals surface area contributed by atoms with E-state index >= 15 is 0 Å². The first kappa shape index (κ1) is 12.6. The summed E-state index contributed by atoms with van der Waals surface area (Å²) in [4.78, 5) is 0. The molecule has 0 saturated carbocycles. The maximum Gasteiger partial charge on any atom is 0.0207 e. The van der Waals surface area contributed by atoms with E-state index < -0.39 is 0 Å². The van der Waals surface area contributed by atoms with Crippen LogP contribution in [0.15, 0.2) is 24.3 Å². The van der Waals surface area contributed by atoms with Crippen molar-refractivity contribution in [3.05, 3.63) is 35.4 Å². The van der Waals surface area contributed by atoms with Crippen LogP contribution in [-0.4, -0.2) is 13.1 Å². The minimum Gasteiger partial charge on any atom is -0.315 e. The standard InChI is InChI=1S/C16H25N/c1-4-14(5-2)10-16(11-17-12-16)15-9-7-6-8-13(15)3/h6-9,14,17H,4-5,10-12H2,1-3H3. The molecule has 0 amide bonds. The van der Waals surface area contributed by atoms with Crippen LogP contribution in [0.5, 0.6) is 0 Å². The molecule has 1 aromatic carbocycles. The lowest BCUT2D eigenvalue weighted by Crippen LogP contribution is -2.57. The second-order valence-electron chi connectivity index (χ2n) is 5.59. The number of hydrogen-bond acceptors (Lipinski definition) is 1. The molecule has 94 valence electrons. The van der Waals surface area contributed by atoms with E-state index in [9.17, 15) is 0 Å². The zero-order valence-electron chi connectivity index (χ0n) is 11.4. The monoisotopic (exact) mass is 231 g/mol. The Kier molecular flexibility index (Phi) is 3.88. The molecule has 1 aromatic rings. The Bertz CT molecular complexity index is 362. The van der Waals surface area contributed by atoms with Crippen LogP contribution in [0.1, 0.15) is 44.2 Å². The van der Waals surface area contributed by atoms with E-state index in [0.717, 1.165) is 19.0 Å². The van der Waals surface area contributed by atoms with E-state index in [1.807, 2.05) is 0 Å². The van der Waals surface area contributed by atoms with Crippen molar-refractivity contribution in [1.29, 1.82) is 0 Å². The summed E-state index contributed by atoms with van der Waals surface area (Å²) in [5, 5.41) is 3.48. The Labute approximate surface area is 106 Å². The molecule has 0 atom stereocenters. The van der Waals surface area contributed by atoms with E-state index in [4.69, 9.17) is 0 Å². The molecule has 0 bridgehead atoms. The summed E-state index contributed by atoms with van der Waals surface area (Å²) in [5.74, 6) is 0.872. The number of benzene rings is 1. The number of rotatable bonds is 5. The van der Waals surface area contributed by atoms with Crippen LogP contribution < -0.4 is 5.32 Å². The molecule has 1 heteroatoms. The summed E-state index contributed by atoms with van der Waals surface area (Å²) in [6, 6.07) is 8.92. The van der Waals surface area contributed by atoms with Gasteiger partial charge in [0.15, 0.2) is 0 Å². The van der Waals surface area contributed by atoms with Gasteiger partial charge in [-0.1, -0.05) is 51.0 Å². The predicted molar refractivity (Wildman–Crippen MR) is 74.4 cm³/mol. The lowest BCUT2D eigenvalue weighted by Gasteiger charge is -2.46. The van der Waals surface area contributed by atoms with Gasteiger partial charge in [-0.05, 0) is 30.4 Å². The largest absolute Gasteiger partial charge is 0.315 e. The number of hydrogen-bond donors (Lipinski definition) is 1. The Morgan fingerprint density at radius 2 is 1.82 bits per heavy atom. The van der Waals surface area contributed by atoms with Gasteiger partial charge in [0, 0.05) is 18.5 Å². The fraction of sp³-hybridized carbons (Fsp3) is 0.625. The second-order valence-corrected chi connectivity index (χ2v) is 5.59. The van der Waals surface area contributed by atoms with Gasteiger partial charge in [0.2, 0.25) is 0 Å². The third-order valence-corrected chi connectivity index (χ3v) is 4.48. The SMILES string of the molecule is CCC(CC)CC1(c2ccccc2C)CNC1. The molecule has 0 radical (unpaired) electrons. The second kappa shape index (κ2) is 5.22. The first-order valence-electron chi connectivity index (χ1n) is 6.98. The van der Waals surface area contributed by atoms with Crippen molar-refractivity contribution in [2.45, 2.75) is 45.4 Å². The molecule has 1 N–H and O–H groups in total. The molecule has 0 unspecified atom stereocenters. The van der Waals surface area contributed by atoms with Gasteiger partial charge in [0.25, 0.3) is 0 Å². The molecule has 1 aliphatic heterocycles. The van der Waals surface area contributed by atoms with Crippen molar-refractivity contribution in [3.8, 4) is 0 Å². The molecule has 1 nitrogen and oxygen atoms in total. The Morgan fingerprint density at radius 1 is 1.18 bits per heavy atom. The molecule has 0 aromatic heterocycles. The first-order valence-corrected chi connectivity index (χ1v) is 6.98. The topological polar surface area (TPSA) is 12.0 Å². The van der Waals surface area contributed by atoms with Crippen LogP contribution in [0, 0.1) is 12.8 Å². The van der Waals surface area contributed by atoms with Gasteiger partial charge in [-0.25, -0.2) is 0 Å². The molecule has 17 heavy (non-hydrogen) atoms. The van der Waals surface area contributed by atoms with Crippen LogP contribution in [0.4, 0.5) is 0 Å². The van der Waals surface area contributed by atoms with E-state index in [1.165, 1.54) is 24.8 Å². The van der Waals surface area contributed by atoms with Gasteiger partial charge >= 0.3 is 0 Å². The third kappa shape index (κ3) is 2.40. The molecule has 1 saturated heterocycles. The Hall–Kier alpha value is -0.820. The summed E-state index contributed by atoms with van der Waals surface area (Å²) in [6.45, 7) is 9.22. The summed E-state index contributed by atoms with van der Waals surface area (Å²) < 4.78 is 0. The van der Waals surface area contributed by atoms with E-state index in [0.29, 0.717) is 5.41 Å². The molecule has 0 aliphatic carbocycles. The van der Waals surface area contributed by atoms with Crippen LogP contribution in [0.2, 0.25) is 0 Å². The van der Waals surface area contributed by atoms with Gasteiger partial charge in [-0.3, -0.25) is 0 Å². The molecule has 1 heterocycles. The maximum atomic E-state index is 3.48. The third-order valence-electron chi connectivity index (χ3n) is 4.48. The fourth-order valence-electron chi connectivity index (χ4n) is 3.17. The lowest BCUT2D eigenvalue weighted by molar-refractivity contribution is 0.210. The fourth-order valence-corrected chi connectivity index (χ4v) is 3.17. The van der Waals surface area contributed by atoms with E-state index in [2.05, 4.69) is 50.4 Å². The predicted octanol–water partition coefficient (Wildman–Crippen LogP) is 3.66. The highest BCUT2D eigenvalue weighted by Crippen LogP contribution is 2.38. The van der Waals surface area contributed by atoms with Gasteiger partial charge in [-0.2, -0.15) is 0 Å². The van der Waals surface area contributed by atoms with Crippen LogP contribution in [0.25, 0.3) is 0 Å². The van der Waals surface area contributed by atoms with Crippen LogP contribution in [0.3, 0.4) is 0 Å². The normalized spacial score (nSPS) is 18.1. The highest BCUT2D eigenvalue weighted by Gasteiger charge is 2.40. The summed E-state index contributed by atoms with van der Waals surface area (Å²) in [6.07, 6.45) is 3.96.